The number of furan rings is 1. The molecule has 6 rings (SSSR count). The fourth-order valence-corrected chi connectivity index (χ4v) is 4.90. The molecule has 0 aliphatic carbocycles. The van der Waals surface area contributed by atoms with Crippen LogP contribution in [0.1, 0.15) is 26.3 Å². The Morgan fingerprint density at radius 2 is 1.56 bits per heavy atom. The number of hydrogen-bond acceptors (Lipinski definition) is 1. The normalized spacial score (nSPS) is 15.0. The molecule has 3 heteroatoms. The van der Waals surface area contributed by atoms with E-state index in [1.165, 1.54) is 24.3 Å². The molecule has 36 heavy (non-hydrogen) atoms. The molecule has 0 atom stereocenters. The van der Waals surface area contributed by atoms with E-state index in [0.29, 0.717) is 38.7 Å². The summed E-state index contributed by atoms with van der Waals surface area (Å²) in [5, 5.41) is 1.30. The summed E-state index contributed by atoms with van der Waals surface area (Å²) < 4.78 is 80.6. The number of halogens is 1. The van der Waals surface area contributed by atoms with Crippen LogP contribution in [0.4, 0.5) is 4.39 Å². The number of pyridine rings is 1. The van der Waals surface area contributed by atoms with Crippen molar-refractivity contribution < 1.29 is 23.0 Å². The Labute approximate surface area is 220 Å². The summed E-state index contributed by atoms with van der Waals surface area (Å²) in [5.41, 5.74) is 4.38. The summed E-state index contributed by atoms with van der Waals surface area (Å²) in [6.45, 7) is -3.02. The first-order valence-corrected chi connectivity index (χ1v) is 11.6. The SMILES string of the molecule is [2H]c1cc(C([2H])([2H])[2H])cc(-c2c(C)ccc3c2oc2c(-c4ccc(-c5ccccc5)c(C([2H])([2H])[2H])c4)c(F)ccc23)[n+]1C. The van der Waals surface area contributed by atoms with Crippen LogP contribution in [-0.4, -0.2) is 0 Å². The van der Waals surface area contributed by atoms with Gasteiger partial charge in [0.2, 0.25) is 5.69 Å². The van der Waals surface area contributed by atoms with Gasteiger partial charge in [-0.2, -0.15) is 0 Å². The summed E-state index contributed by atoms with van der Waals surface area (Å²) >= 11 is 0. The van der Waals surface area contributed by atoms with Gasteiger partial charge < -0.3 is 4.42 Å². The van der Waals surface area contributed by atoms with E-state index in [0.717, 1.165) is 11.1 Å². The number of rotatable bonds is 3. The number of fused-ring (bicyclic) bond motifs is 3. The molecule has 6 aromatic rings. The standard InChI is InChI=1S/C33H27FNO/c1-20-16-17-35(4)29(18-20)30-21(2)10-12-26-27-14-15-28(34)31(33(27)36-32(26)30)24-11-13-25(22(3)19-24)23-8-6-5-7-9-23/h5-19H,1-4H3/q+1/i1D3,3D3,17D. The molecule has 0 unspecified atom stereocenters. The van der Waals surface area contributed by atoms with Gasteiger partial charge in [-0.05, 0) is 66.1 Å². The number of aromatic nitrogens is 1. The number of benzene rings is 4. The van der Waals surface area contributed by atoms with Crippen molar-refractivity contribution in [2.75, 3.05) is 0 Å². The van der Waals surface area contributed by atoms with Crippen molar-refractivity contribution in [1.29, 1.82) is 0 Å². The summed E-state index contributed by atoms with van der Waals surface area (Å²) in [5.74, 6) is -0.572. The molecular formula is C33H27FNO+. The molecule has 0 bridgehead atoms. The highest BCUT2D eigenvalue weighted by Crippen LogP contribution is 2.42. The molecule has 0 saturated carbocycles. The average molecular weight is 480 g/mol. The van der Waals surface area contributed by atoms with Gasteiger partial charge in [-0.1, -0.05) is 60.7 Å². The molecule has 0 aliphatic heterocycles. The monoisotopic (exact) mass is 479 g/mol. The molecule has 2 aromatic heterocycles. The predicted octanol–water partition coefficient (Wildman–Crippen LogP) is 8.48. The first-order valence-electron chi connectivity index (χ1n) is 15.1. The second-order valence-electron chi connectivity index (χ2n) is 8.98. The maximum absolute atomic E-state index is 15.7. The van der Waals surface area contributed by atoms with Gasteiger partial charge in [0.15, 0.2) is 6.17 Å². The molecule has 0 N–H and O–H groups in total. The average Bonchev–Trinajstić information content (AvgIpc) is 3.32. The van der Waals surface area contributed by atoms with Crippen LogP contribution in [-0.2, 0) is 7.05 Å². The predicted molar refractivity (Wildman–Crippen MR) is 145 cm³/mol. The zero-order valence-electron chi connectivity index (χ0n) is 26.8. The number of nitrogens with zero attached hydrogens (tertiary/aromatic N) is 1. The fourth-order valence-electron chi connectivity index (χ4n) is 4.90. The van der Waals surface area contributed by atoms with Gasteiger partial charge in [-0.3, -0.25) is 0 Å². The molecule has 0 amide bonds. The molecule has 0 saturated heterocycles. The molecule has 0 fully saturated rings. The van der Waals surface area contributed by atoms with E-state index in [9.17, 15) is 0 Å². The van der Waals surface area contributed by atoms with Gasteiger partial charge in [-0.25, -0.2) is 8.96 Å². The van der Waals surface area contributed by atoms with Crippen LogP contribution in [0.5, 0.6) is 0 Å². The largest absolute Gasteiger partial charge is 0.454 e. The third kappa shape index (κ3) is 3.51. The van der Waals surface area contributed by atoms with Gasteiger partial charge in [0.1, 0.15) is 25.4 Å². The van der Waals surface area contributed by atoms with Crippen molar-refractivity contribution >= 4 is 21.9 Å². The summed E-state index contributed by atoms with van der Waals surface area (Å²) in [6.07, 6.45) is 0.0126. The smallest absolute Gasteiger partial charge is 0.216 e. The van der Waals surface area contributed by atoms with E-state index in [-0.39, 0.29) is 28.4 Å². The van der Waals surface area contributed by atoms with Crippen LogP contribution >= 0.6 is 0 Å². The van der Waals surface area contributed by atoms with Crippen molar-refractivity contribution in [2.45, 2.75) is 20.6 Å². The van der Waals surface area contributed by atoms with Gasteiger partial charge in [0.05, 0.1) is 11.1 Å². The van der Waals surface area contributed by atoms with E-state index >= 15 is 4.39 Å². The zero-order chi connectivity index (χ0) is 30.8. The Hall–Kier alpha value is -4.24. The topological polar surface area (TPSA) is 17.0 Å². The Bertz CT molecular complexity index is 2040. The lowest BCUT2D eigenvalue weighted by Crippen LogP contribution is -2.30. The highest BCUT2D eigenvalue weighted by molar-refractivity contribution is 6.13. The minimum Gasteiger partial charge on any atom is -0.454 e. The van der Waals surface area contributed by atoms with E-state index < -0.39 is 19.5 Å². The zero-order valence-corrected chi connectivity index (χ0v) is 19.8. The third-order valence-corrected chi connectivity index (χ3v) is 6.68. The molecular weight excluding hydrogens is 445 g/mol. The lowest BCUT2D eigenvalue weighted by Gasteiger charge is -2.10. The number of aryl methyl sites for hydroxylation is 3. The van der Waals surface area contributed by atoms with Crippen LogP contribution < -0.4 is 4.57 Å². The summed E-state index contributed by atoms with van der Waals surface area (Å²) in [6, 6.07) is 23.6. The minimum absolute atomic E-state index is 0.0126. The van der Waals surface area contributed by atoms with Gasteiger partial charge in [-0.15, -0.1) is 0 Å². The van der Waals surface area contributed by atoms with Crippen LogP contribution in [0.2, 0.25) is 0 Å². The highest BCUT2D eigenvalue weighted by atomic mass is 19.1. The van der Waals surface area contributed by atoms with Gasteiger partial charge >= 0.3 is 0 Å². The van der Waals surface area contributed by atoms with Crippen LogP contribution in [0.25, 0.3) is 55.4 Å². The number of hydrogen-bond donors (Lipinski definition) is 0. The summed E-state index contributed by atoms with van der Waals surface area (Å²) in [4.78, 5) is 0. The molecule has 2 nitrogen and oxygen atoms in total. The quantitative estimate of drug-likeness (QED) is 0.233. The second-order valence-corrected chi connectivity index (χ2v) is 8.98. The molecule has 0 radical (unpaired) electrons. The van der Waals surface area contributed by atoms with Crippen LogP contribution in [0.3, 0.4) is 0 Å². The van der Waals surface area contributed by atoms with E-state index in [4.69, 9.17) is 14.0 Å². The Kier molecular flexibility index (Phi) is 3.69. The van der Waals surface area contributed by atoms with E-state index in [1.54, 1.807) is 29.8 Å². The Morgan fingerprint density at radius 1 is 0.778 bits per heavy atom. The maximum Gasteiger partial charge on any atom is 0.216 e. The van der Waals surface area contributed by atoms with E-state index in [2.05, 4.69) is 0 Å². The van der Waals surface area contributed by atoms with E-state index in [1.807, 2.05) is 49.4 Å². The van der Waals surface area contributed by atoms with Gasteiger partial charge in [0, 0.05) is 31.1 Å². The first kappa shape index (κ1) is 15.7. The molecule has 0 spiro atoms. The Morgan fingerprint density at radius 3 is 2.33 bits per heavy atom. The summed E-state index contributed by atoms with van der Waals surface area (Å²) in [7, 11) is 1.68. The van der Waals surface area contributed by atoms with Crippen molar-refractivity contribution in [1.82, 2.24) is 0 Å². The fraction of sp³-hybridized carbons (Fsp3) is 0.121. The van der Waals surface area contributed by atoms with Crippen molar-refractivity contribution in [3.05, 3.63) is 114 Å². The molecule has 4 aromatic carbocycles. The maximum atomic E-state index is 15.7. The lowest BCUT2D eigenvalue weighted by atomic mass is 9.94. The molecule has 176 valence electrons. The highest BCUT2D eigenvalue weighted by Gasteiger charge is 2.23. The van der Waals surface area contributed by atoms with Crippen molar-refractivity contribution in [3.63, 3.8) is 0 Å². The first-order chi connectivity index (χ1) is 20.3. The van der Waals surface area contributed by atoms with Crippen LogP contribution in [0.15, 0.2) is 95.5 Å². The Balaban J connectivity index is 1.64. The van der Waals surface area contributed by atoms with Crippen molar-refractivity contribution in [3.8, 4) is 33.5 Å². The van der Waals surface area contributed by atoms with Gasteiger partial charge in [0.25, 0.3) is 0 Å². The molecule has 2 heterocycles. The lowest BCUT2D eigenvalue weighted by molar-refractivity contribution is -0.660. The van der Waals surface area contributed by atoms with Crippen molar-refractivity contribution in [2.24, 2.45) is 7.05 Å². The van der Waals surface area contributed by atoms with Crippen LogP contribution in [0, 0.1) is 26.4 Å². The second kappa shape index (κ2) is 8.46. The molecule has 0 aliphatic rings. The third-order valence-electron chi connectivity index (χ3n) is 6.68. The minimum atomic E-state index is -2.46.